The highest BCUT2D eigenvalue weighted by Gasteiger charge is 2.35. The summed E-state index contributed by atoms with van der Waals surface area (Å²) in [5, 5.41) is 14.2. The number of carbonyl (C=O) groups excluding carboxylic acids is 2. The first-order chi connectivity index (χ1) is 11.0. The Morgan fingerprint density at radius 1 is 1.26 bits per heavy atom. The van der Waals surface area contributed by atoms with Crippen LogP contribution >= 0.6 is 23.1 Å². The predicted octanol–water partition coefficient (Wildman–Crippen LogP) is 3.89. The second-order valence-corrected chi connectivity index (χ2v) is 6.52. The second kappa shape index (κ2) is 6.35. The summed E-state index contributed by atoms with van der Waals surface area (Å²) in [4.78, 5) is 36.1. The van der Waals surface area contributed by atoms with E-state index in [-0.39, 0.29) is 23.4 Å². The number of hydrogen-bond acceptors (Lipinski definition) is 6. The molecule has 116 valence electrons. The molecular weight excluding hydrogens is 336 g/mol. The molecule has 3 rings (SSSR count). The Hall–Kier alpha value is -2.45. The maximum Gasteiger partial charge on any atom is 0.293 e. The van der Waals surface area contributed by atoms with Gasteiger partial charge in [0, 0.05) is 12.1 Å². The average Bonchev–Trinajstić information content (AvgIpc) is 3.12. The van der Waals surface area contributed by atoms with E-state index in [1.54, 1.807) is 12.1 Å². The molecule has 0 radical (unpaired) electrons. The fourth-order valence-corrected chi connectivity index (χ4v) is 3.55. The Morgan fingerprint density at radius 2 is 2.09 bits per heavy atom. The zero-order valence-corrected chi connectivity index (χ0v) is 13.3. The maximum atomic E-state index is 12.4. The van der Waals surface area contributed by atoms with E-state index in [9.17, 15) is 19.7 Å². The van der Waals surface area contributed by atoms with Gasteiger partial charge in [0.25, 0.3) is 16.8 Å². The lowest BCUT2D eigenvalue weighted by atomic mass is 10.2. The zero-order valence-electron chi connectivity index (χ0n) is 11.7. The van der Waals surface area contributed by atoms with Crippen molar-refractivity contribution >= 4 is 46.0 Å². The number of nitro groups is 1. The molecule has 0 unspecified atom stereocenters. The van der Waals surface area contributed by atoms with Crippen LogP contribution in [-0.4, -0.2) is 21.0 Å². The molecule has 0 atom stereocenters. The third kappa shape index (κ3) is 3.33. The van der Waals surface area contributed by atoms with E-state index in [0.29, 0.717) is 10.5 Å². The van der Waals surface area contributed by atoms with Crippen LogP contribution in [0.5, 0.6) is 0 Å². The molecule has 6 nitrogen and oxygen atoms in total. The number of benzene rings is 1. The Balaban J connectivity index is 1.81. The average molecular weight is 346 g/mol. The number of hydrogen-bond donors (Lipinski definition) is 0. The molecule has 2 amide bonds. The Bertz CT molecular complexity index is 815. The molecule has 2 aromatic rings. The molecular formula is C15H10N2O4S2. The first-order valence-electron chi connectivity index (χ1n) is 6.55. The number of amides is 2. The summed E-state index contributed by atoms with van der Waals surface area (Å²) in [6.45, 7) is 0.0212. The van der Waals surface area contributed by atoms with Crippen molar-refractivity contribution in [1.82, 2.24) is 4.90 Å². The predicted molar refractivity (Wildman–Crippen MR) is 88.9 cm³/mol. The van der Waals surface area contributed by atoms with E-state index in [2.05, 4.69) is 0 Å². The van der Waals surface area contributed by atoms with Crippen LogP contribution in [0, 0.1) is 10.1 Å². The van der Waals surface area contributed by atoms with Gasteiger partial charge in [-0.05, 0) is 45.8 Å². The number of carbonyl (C=O) groups is 2. The monoisotopic (exact) mass is 346 g/mol. The summed E-state index contributed by atoms with van der Waals surface area (Å²) in [5.41, 5.74) is 1.34. The number of nitro benzene ring substituents is 1. The van der Waals surface area contributed by atoms with Crippen LogP contribution in [0.4, 0.5) is 10.5 Å². The van der Waals surface area contributed by atoms with Crippen LogP contribution in [0.2, 0.25) is 0 Å². The molecule has 0 bridgehead atoms. The normalized spacial score (nSPS) is 16.3. The van der Waals surface area contributed by atoms with Gasteiger partial charge < -0.3 is 0 Å². The molecule has 1 fully saturated rings. The zero-order chi connectivity index (χ0) is 16.4. The molecule has 1 saturated heterocycles. The number of thiophene rings is 1. The van der Waals surface area contributed by atoms with Crippen LogP contribution in [-0.2, 0) is 11.3 Å². The van der Waals surface area contributed by atoms with E-state index < -0.39 is 4.92 Å². The van der Waals surface area contributed by atoms with E-state index in [4.69, 9.17) is 0 Å². The van der Waals surface area contributed by atoms with Crippen molar-refractivity contribution < 1.29 is 14.5 Å². The SMILES string of the molecule is O=C1S/C(=C\c2ccsc2)C(=O)N1Cc1cccc([N+](=O)[O-])c1. The van der Waals surface area contributed by atoms with Crippen molar-refractivity contribution in [2.24, 2.45) is 0 Å². The van der Waals surface area contributed by atoms with E-state index >= 15 is 0 Å². The highest BCUT2D eigenvalue weighted by molar-refractivity contribution is 8.18. The number of non-ortho nitro benzene ring substituents is 1. The molecule has 0 spiro atoms. The molecule has 1 aromatic heterocycles. The van der Waals surface area contributed by atoms with Gasteiger partial charge in [-0.1, -0.05) is 12.1 Å². The van der Waals surface area contributed by atoms with Gasteiger partial charge in [-0.2, -0.15) is 11.3 Å². The summed E-state index contributed by atoms with van der Waals surface area (Å²) in [6, 6.07) is 7.78. The molecule has 1 aliphatic heterocycles. The Kier molecular flexibility index (Phi) is 4.26. The van der Waals surface area contributed by atoms with Gasteiger partial charge >= 0.3 is 0 Å². The number of imide groups is 1. The standard InChI is InChI=1S/C15H10N2O4S2/c18-14-13(7-11-4-5-22-9-11)23-15(19)16(14)8-10-2-1-3-12(6-10)17(20)21/h1-7,9H,8H2/b13-7-. The second-order valence-electron chi connectivity index (χ2n) is 4.75. The topological polar surface area (TPSA) is 80.5 Å². The minimum atomic E-state index is -0.506. The van der Waals surface area contributed by atoms with Crippen molar-refractivity contribution in [2.75, 3.05) is 0 Å². The van der Waals surface area contributed by atoms with Gasteiger partial charge in [-0.25, -0.2) is 0 Å². The number of rotatable bonds is 4. The van der Waals surface area contributed by atoms with Gasteiger partial charge in [0.1, 0.15) is 0 Å². The van der Waals surface area contributed by atoms with Gasteiger partial charge in [-0.15, -0.1) is 0 Å². The first-order valence-corrected chi connectivity index (χ1v) is 8.31. The van der Waals surface area contributed by atoms with Crippen LogP contribution in [0.25, 0.3) is 6.08 Å². The summed E-state index contributed by atoms with van der Waals surface area (Å²) < 4.78 is 0. The minimum absolute atomic E-state index is 0.0212. The lowest BCUT2D eigenvalue weighted by molar-refractivity contribution is -0.384. The largest absolute Gasteiger partial charge is 0.293 e. The quantitative estimate of drug-likeness (QED) is 0.476. The molecule has 1 aliphatic rings. The van der Waals surface area contributed by atoms with Crippen molar-refractivity contribution in [3.05, 3.63) is 67.2 Å². The molecule has 2 heterocycles. The Labute approximate surface area is 139 Å². The third-order valence-electron chi connectivity index (χ3n) is 3.18. The molecule has 8 heteroatoms. The van der Waals surface area contributed by atoms with Crippen molar-refractivity contribution in [3.8, 4) is 0 Å². The fraction of sp³-hybridized carbons (Fsp3) is 0.0667. The van der Waals surface area contributed by atoms with Crippen LogP contribution in [0.3, 0.4) is 0 Å². The van der Waals surface area contributed by atoms with Gasteiger partial charge in [0.2, 0.25) is 0 Å². The third-order valence-corrected chi connectivity index (χ3v) is 4.79. The lowest BCUT2D eigenvalue weighted by Crippen LogP contribution is -2.27. The fourth-order valence-electron chi connectivity index (χ4n) is 2.10. The van der Waals surface area contributed by atoms with Crippen LogP contribution in [0.15, 0.2) is 46.0 Å². The smallest absolute Gasteiger partial charge is 0.268 e. The first kappa shape index (κ1) is 15.4. The molecule has 23 heavy (non-hydrogen) atoms. The van der Waals surface area contributed by atoms with E-state index in [1.165, 1.54) is 29.5 Å². The van der Waals surface area contributed by atoms with Crippen molar-refractivity contribution in [3.63, 3.8) is 0 Å². The van der Waals surface area contributed by atoms with Crippen LogP contribution < -0.4 is 0 Å². The minimum Gasteiger partial charge on any atom is -0.268 e. The van der Waals surface area contributed by atoms with Crippen molar-refractivity contribution in [2.45, 2.75) is 6.54 Å². The molecule has 0 saturated carbocycles. The molecule has 0 N–H and O–H groups in total. The lowest BCUT2D eigenvalue weighted by Gasteiger charge is -2.12. The van der Waals surface area contributed by atoms with Crippen molar-refractivity contribution in [1.29, 1.82) is 0 Å². The van der Waals surface area contributed by atoms with Gasteiger partial charge in [0.05, 0.1) is 16.4 Å². The summed E-state index contributed by atoms with van der Waals surface area (Å²) in [5.74, 6) is -0.377. The van der Waals surface area contributed by atoms with E-state index in [1.807, 2.05) is 16.8 Å². The number of nitrogens with zero attached hydrogens (tertiary/aromatic N) is 2. The number of thioether (sulfide) groups is 1. The highest BCUT2D eigenvalue weighted by Crippen LogP contribution is 2.33. The summed E-state index contributed by atoms with van der Waals surface area (Å²) in [6.07, 6.45) is 1.68. The van der Waals surface area contributed by atoms with Gasteiger partial charge in [0.15, 0.2) is 0 Å². The van der Waals surface area contributed by atoms with Gasteiger partial charge in [-0.3, -0.25) is 24.6 Å². The van der Waals surface area contributed by atoms with E-state index in [0.717, 1.165) is 22.2 Å². The molecule has 1 aromatic carbocycles. The Morgan fingerprint density at radius 3 is 2.78 bits per heavy atom. The summed E-state index contributed by atoms with van der Waals surface area (Å²) >= 11 is 2.38. The molecule has 0 aliphatic carbocycles. The highest BCUT2D eigenvalue weighted by atomic mass is 32.2. The van der Waals surface area contributed by atoms with Crippen LogP contribution in [0.1, 0.15) is 11.1 Å². The maximum absolute atomic E-state index is 12.4. The summed E-state index contributed by atoms with van der Waals surface area (Å²) in [7, 11) is 0.